The van der Waals surface area contributed by atoms with Crippen LogP contribution in [0.4, 0.5) is 5.82 Å². The molecule has 0 bridgehead atoms. The van der Waals surface area contributed by atoms with Crippen LogP contribution in [0.2, 0.25) is 5.15 Å². The monoisotopic (exact) mass is 185 g/mol. The second kappa shape index (κ2) is 2.98. The molecular weight excluding hydrogens is 174 g/mol. The van der Waals surface area contributed by atoms with Gasteiger partial charge in [0.25, 0.3) is 0 Å². The lowest BCUT2D eigenvalue weighted by Crippen LogP contribution is -2.18. The lowest BCUT2D eigenvalue weighted by atomic mass is 10.4. The van der Waals surface area contributed by atoms with Gasteiger partial charge in [0.2, 0.25) is 0 Å². The average molecular weight is 186 g/mol. The first kappa shape index (κ1) is 7.92. The largest absolute Gasteiger partial charge is 0.356 e. The summed E-state index contributed by atoms with van der Waals surface area (Å²) in [5, 5.41) is 0.606. The van der Waals surface area contributed by atoms with Crippen LogP contribution in [0, 0.1) is 6.92 Å². The average Bonchev–Trinajstić information content (AvgIpc) is 2.58. The van der Waals surface area contributed by atoms with Crippen LogP contribution in [0.3, 0.4) is 0 Å². The smallest absolute Gasteiger partial charge is 0.171 e. The van der Waals surface area contributed by atoms with Crippen LogP contribution in [0.1, 0.15) is 18.7 Å². The summed E-state index contributed by atoms with van der Waals surface area (Å²) in [4.78, 5) is 9.55. The van der Waals surface area contributed by atoms with Gasteiger partial charge in [0.1, 0.15) is 11.6 Å². The molecule has 2 rings (SSSR count). The molecule has 0 spiro atoms. The second-order valence-corrected chi connectivity index (χ2v) is 3.51. The number of aromatic amines is 1. The number of halogens is 1. The highest BCUT2D eigenvalue weighted by Gasteiger charge is 2.17. The molecule has 1 fully saturated rings. The van der Waals surface area contributed by atoms with Gasteiger partial charge in [-0.3, -0.25) is 0 Å². The highest BCUT2D eigenvalue weighted by molar-refractivity contribution is 6.31. The Hall–Kier alpha value is -0.700. The van der Waals surface area contributed by atoms with E-state index in [9.17, 15) is 0 Å². The van der Waals surface area contributed by atoms with Crippen LogP contribution in [0.25, 0.3) is 0 Å². The fraction of sp³-hybridized carbons (Fsp3) is 0.625. The Kier molecular flexibility index (Phi) is 1.97. The predicted molar refractivity (Wildman–Crippen MR) is 49.8 cm³/mol. The molecule has 66 valence electrons. The van der Waals surface area contributed by atoms with Crippen molar-refractivity contribution < 1.29 is 0 Å². The van der Waals surface area contributed by atoms with E-state index in [-0.39, 0.29) is 0 Å². The minimum absolute atomic E-state index is 0.606. The number of anilines is 1. The Morgan fingerprint density at radius 2 is 2.08 bits per heavy atom. The molecule has 0 radical (unpaired) electrons. The molecular formula is C8H12ClN3. The molecule has 12 heavy (non-hydrogen) atoms. The number of aryl methyl sites for hydroxylation is 1. The summed E-state index contributed by atoms with van der Waals surface area (Å²) in [6.45, 7) is 4.12. The molecule has 0 aromatic carbocycles. The summed E-state index contributed by atoms with van der Waals surface area (Å²) in [6.07, 6.45) is 2.52. The number of imidazole rings is 1. The zero-order valence-electron chi connectivity index (χ0n) is 7.10. The summed E-state index contributed by atoms with van der Waals surface area (Å²) in [7, 11) is 0. The van der Waals surface area contributed by atoms with Crippen molar-refractivity contribution in [1.29, 1.82) is 0 Å². The van der Waals surface area contributed by atoms with Crippen molar-refractivity contribution in [1.82, 2.24) is 9.97 Å². The van der Waals surface area contributed by atoms with Gasteiger partial charge in [-0.2, -0.15) is 0 Å². The van der Waals surface area contributed by atoms with Gasteiger partial charge in [0, 0.05) is 13.1 Å². The van der Waals surface area contributed by atoms with Gasteiger partial charge in [0.05, 0.1) is 0 Å². The number of nitrogens with one attached hydrogen (secondary N) is 1. The van der Waals surface area contributed by atoms with E-state index >= 15 is 0 Å². The van der Waals surface area contributed by atoms with Crippen molar-refractivity contribution in [2.24, 2.45) is 0 Å². The van der Waals surface area contributed by atoms with Crippen LogP contribution in [-0.2, 0) is 0 Å². The maximum atomic E-state index is 5.94. The quantitative estimate of drug-likeness (QED) is 0.726. The number of aromatic nitrogens is 2. The van der Waals surface area contributed by atoms with Crippen LogP contribution in [0.15, 0.2) is 0 Å². The molecule has 1 aromatic heterocycles. The molecule has 1 aliphatic heterocycles. The fourth-order valence-corrected chi connectivity index (χ4v) is 1.89. The van der Waals surface area contributed by atoms with E-state index < -0.39 is 0 Å². The van der Waals surface area contributed by atoms with Crippen molar-refractivity contribution in [3.8, 4) is 0 Å². The first-order chi connectivity index (χ1) is 5.77. The minimum Gasteiger partial charge on any atom is -0.356 e. The van der Waals surface area contributed by atoms with E-state index in [0.717, 1.165) is 24.7 Å². The number of H-pyrrole nitrogens is 1. The summed E-state index contributed by atoms with van der Waals surface area (Å²) in [5.74, 6) is 1.88. The standard InChI is InChI=1S/C8H12ClN3/c1-6-10-7(9)8(11-6)12-4-2-3-5-12/h2-5H2,1H3,(H,10,11). The van der Waals surface area contributed by atoms with E-state index in [4.69, 9.17) is 11.6 Å². The van der Waals surface area contributed by atoms with E-state index in [1.807, 2.05) is 6.92 Å². The third-order valence-electron chi connectivity index (χ3n) is 2.18. The lowest BCUT2D eigenvalue weighted by Gasteiger charge is -2.14. The molecule has 1 N–H and O–H groups in total. The van der Waals surface area contributed by atoms with Gasteiger partial charge in [0.15, 0.2) is 5.15 Å². The van der Waals surface area contributed by atoms with E-state index in [1.165, 1.54) is 12.8 Å². The van der Waals surface area contributed by atoms with E-state index in [2.05, 4.69) is 14.9 Å². The molecule has 0 saturated carbocycles. The number of hydrogen-bond donors (Lipinski definition) is 1. The Labute approximate surface area is 76.7 Å². The van der Waals surface area contributed by atoms with Crippen molar-refractivity contribution in [2.45, 2.75) is 19.8 Å². The van der Waals surface area contributed by atoms with Gasteiger partial charge in [-0.15, -0.1) is 0 Å². The Morgan fingerprint density at radius 3 is 2.58 bits per heavy atom. The molecule has 1 aromatic rings. The Balaban J connectivity index is 2.25. The first-order valence-corrected chi connectivity index (χ1v) is 4.62. The van der Waals surface area contributed by atoms with Crippen LogP contribution < -0.4 is 4.90 Å². The lowest BCUT2D eigenvalue weighted by molar-refractivity contribution is 0.942. The van der Waals surface area contributed by atoms with Crippen LogP contribution >= 0.6 is 11.6 Å². The van der Waals surface area contributed by atoms with Gasteiger partial charge < -0.3 is 9.88 Å². The molecule has 1 aliphatic rings. The highest BCUT2D eigenvalue weighted by atomic mass is 35.5. The second-order valence-electron chi connectivity index (χ2n) is 3.16. The molecule has 0 atom stereocenters. The zero-order valence-corrected chi connectivity index (χ0v) is 7.86. The molecule has 2 heterocycles. The van der Waals surface area contributed by atoms with Gasteiger partial charge >= 0.3 is 0 Å². The molecule has 0 unspecified atom stereocenters. The Morgan fingerprint density at radius 1 is 1.42 bits per heavy atom. The summed E-state index contributed by atoms with van der Waals surface area (Å²) in [5.41, 5.74) is 0. The van der Waals surface area contributed by atoms with Crippen molar-refractivity contribution in [3.63, 3.8) is 0 Å². The third-order valence-corrected chi connectivity index (χ3v) is 2.45. The van der Waals surface area contributed by atoms with E-state index in [1.54, 1.807) is 0 Å². The number of nitrogens with zero attached hydrogens (tertiary/aromatic N) is 2. The Bertz CT molecular complexity index is 276. The third kappa shape index (κ3) is 1.29. The summed E-state index contributed by atoms with van der Waals surface area (Å²) < 4.78 is 0. The van der Waals surface area contributed by atoms with Crippen LogP contribution in [-0.4, -0.2) is 23.1 Å². The molecule has 3 nitrogen and oxygen atoms in total. The van der Waals surface area contributed by atoms with Crippen LogP contribution in [0.5, 0.6) is 0 Å². The number of hydrogen-bond acceptors (Lipinski definition) is 2. The first-order valence-electron chi connectivity index (χ1n) is 4.24. The summed E-state index contributed by atoms with van der Waals surface area (Å²) >= 11 is 5.94. The predicted octanol–water partition coefficient (Wildman–Crippen LogP) is 1.97. The van der Waals surface area contributed by atoms with Gasteiger partial charge in [-0.25, -0.2) is 4.98 Å². The SMILES string of the molecule is Cc1nc(Cl)c(N2CCCC2)[nH]1. The molecule has 0 aliphatic carbocycles. The van der Waals surface area contributed by atoms with Crippen molar-refractivity contribution in [3.05, 3.63) is 11.0 Å². The minimum atomic E-state index is 0.606. The van der Waals surface area contributed by atoms with Gasteiger partial charge in [-0.05, 0) is 19.8 Å². The zero-order chi connectivity index (χ0) is 8.55. The maximum absolute atomic E-state index is 5.94. The van der Waals surface area contributed by atoms with Crippen molar-refractivity contribution >= 4 is 17.4 Å². The molecule has 1 saturated heterocycles. The number of rotatable bonds is 1. The van der Waals surface area contributed by atoms with E-state index in [0.29, 0.717) is 5.15 Å². The molecule has 4 heteroatoms. The van der Waals surface area contributed by atoms with Crippen molar-refractivity contribution in [2.75, 3.05) is 18.0 Å². The fourth-order valence-electron chi connectivity index (χ4n) is 1.60. The molecule has 0 amide bonds. The summed E-state index contributed by atoms with van der Waals surface area (Å²) in [6, 6.07) is 0. The van der Waals surface area contributed by atoms with Gasteiger partial charge in [-0.1, -0.05) is 11.6 Å². The maximum Gasteiger partial charge on any atom is 0.171 e. The normalized spacial score (nSPS) is 17.3. The highest BCUT2D eigenvalue weighted by Crippen LogP contribution is 2.25. The topological polar surface area (TPSA) is 31.9 Å².